The number of anilines is 2. The molecular weight excluding hydrogens is 508 g/mol. The Kier molecular flexibility index (Phi) is 8.02. The van der Waals surface area contributed by atoms with Gasteiger partial charge >= 0.3 is 0 Å². The van der Waals surface area contributed by atoms with Crippen molar-refractivity contribution in [2.45, 2.75) is 32.7 Å². The molecule has 39 heavy (non-hydrogen) atoms. The Morgan fingerprint density at radius 2 is 1.59 bits per heavy atom. The van der Waals surface area contributed by atoms with Gasteiger partial charge in [0.15, 0.2) is 5.17 Å². The van der Waals surface area contributed by atoms with Crippen LogP contribution < -0.4 is 15.4 Å². The third-order valence-corrected chi connectivity index (χ3v) is 8.04. The van der Waals surface area contributed by atoms with Crippen molar-refractivity contribution in [3.63, 3.8) is 0 Å². The van der Waals surface area contributed by atoms with Crippen molar-refractivity contribution in [3.05, 3.63) is 101 Å². The number of thioether (sulfide) groups is 1. The molecule has 0 bridgehead atoms. The number of nitrogens with zero attached hydrogens (tertiary/aromatic N) is 2. The van der Waals surface area contributed by atoms with Gasteiger partial charge < -0.3 is 20.3 Å². The van der Waals surface area contributed by atoms with Crippen LogP contribution in [0.25, 0.3) is 0 Å². The van der Waals surface area contributed by atoms with E-state index in [0.717, 1.165) is 41.6 Å². The highest BCUT2D eigenvalue weighted by atomic mass is 32.2. The predicted octanol–water partition coefficient (Wildman–Crippen LogP) is 6.27. The fourth-order valence-electron chi connectivity index (χ4n) is 4.82. The number of carbonyl (C=O) groups is 2. The smallest absolute Gasteiger partial charge is 0.255 e. The molecule has 3 aromatic carbocycles. The monoisotopic (exact) mass is 540 g/mol. The van der Waals surface area contributed by atoms with E-state index >= 15 is 0 Å². The van der Waals surface area contributed by atoms with Crippen molar-refractivity contribution in [2.24, 2.45) is 4.99 Å². The van der Waals surface area contributed by atoms with Gasteiger partial charge in [-0.15, -0.1) is 0 Å². The van der Waals surface area contributed by atoms with Crippen LogP contribution in [-0.4, -0.2) is 41.3 Å². The maximum absolute atomic E-state index is 13.6. The van der Waals surface area contributed by atoms with Crippen LogP contribution in [0.5, 0.6) is 5.75 Å². The van der Waals surface area contributed by atoms with Gasteiger partial charge in [-0.2, -0.15) is 0 Å². The molecule has 2 aliphatic heterocycles. The number of aryl methyl sites for hydroxylation is 1. The standard InChI is InChI=1S/C31H32N4O3S/c1-4-21-6-8-23(9-7-21)29(36)33-24-12-10-22(11-13-24)28-27(20(2)32-31-35(28)18-5-19-39-31)30(37)34-25-14-16-26(38-3)17-15-25/h6-17,28H,4-5,18-19H2,1-3H3,(H,33,36)(H,34,37). The molecule has 1 fully saturated rings. The van der Waals surface area contributed by atoms with Crippen molar-refractivity contribution in [1.29, 1.82) is 0 Å². The average molecular weight is 541 g/mol. The Morgan fingerprint density at radius 1 is 0.949 bits per heavy atom. The number of hydrogen-bond acceptors (Lipinski definition) is 6. The van der Waals surface area contributed by atoms with E-state index in [1.807, 2.05) is 79.7 Å². The SMILES string of the molecule is CCc1ccc(C(=O)Nc2ccc(C3C(C(=O)Nc4ccc(OC)cc4)=C(C)N=C4SCCCN43)cc2)cc1. The van der Waals surface area contributed by atoms with Gasteiger partial charge in [-0.3, -0.25) is 9.59 Å². The van der Waals surface area contributed by atoms with Crippen molar-refractivity contribution >= 4 is 40.1 Å². The fraction of sp³-hybridized carbons (Fsp3) is 0.258. The quantitative estimate of drug-likeness (QED) is 0.369. The van der Waals surface area contributed by atoms with Crippen LogP contribution in [0.2, 0.25) is 0 Å². The highest BCUT2D eigenvalue weighted by Gasteiger charge is 2.37. The number of methoxy groups -OCH3 is 1. The molecule has 1 unspecified atom stereocenters. The zero-order valence-corrected chi connectivity index (χ0v) is 23.2. The number of allylic oxidation sites excluding steroid dienone is 1. The minimum atomic E-state index is -0.283. The molecular formula is C31H32N4O3S. The Labute approximate surface area is 233 Å². The van der Waals surface area contributed by atoms with Crippen LogP contribution in [0.15, 0.2) is 89.1 Å². The number of carbonyl (C=O) groups excluding carboxylic acids is 2. The molecule has 1 saturated heterocycles. The second-order valence-electron chi connectivity index (χ2n) is 9.50. The number of amidine groups is 1. The highest BCUT2D eigenvalue weighted by Crippen LogP contribution is 2.40. The second kappa shape index (κ2) is 11.8. The number of rotatable bonds is 7. The lowest BCUT2D eigenvalue weighted by molar-refractivity contribution is -0.113. The fourth-order valence-corrected chi connectivity index (χ4v) is 5.84. The number of benzene rings is 3. The van der Waals surface area contributed by atoms with E-state index in [4.69, 9.17) is 9.73 Å². The number of aliphatic imine (C=N–C) groups is 1. The highest BCUT2D eigenvalue weighted by molar-refractivity contribution is 8.13. The summed E-state index contributed by atoms with van der Waals surface area (Å²) >= 11 is 1.72. The average Bonchev–Trinajstić information content (AvgIpc) is 2.97. The summed E-state index contributed by atoms with van der Waals surface area (Å²) in [5.74, 6) is 1.39. The first-order chi connectivity index (χ1) is 19.0. The van der Waals surface area contributed by atoms with Crippen LogP contribution in [0.1, 0.15) is 47.8 Å². The summed E-state index contributed by atoms with van der Waals surface area (Å²) in [6, 6.07) is 22.4. The summed E-state index contributed by atoms with van der Waals surface area (Å²) in [5.41, 5.74) is 5.49. The minimum Gasteiger partial charge on any atom is -0.497 e. The molecule has 3 aromatic rings. The molecule has 200 valence electrons. The van der Waals surface area contributed by atoms with Crippen molar-refractivity contribution in [1.82, 2.24) is 4.90 Å². The number of fused-ring (bicyclic) bond motifs is 1. The molecule has 0 aliphatic carbocycles. The molecule has 0 aromatic heterocycles. The molecule has 1 atom stereocenters. The van der Waals surface area contributed by atoms with E-state index in [-0.39, 0.29) is 17.9 Å². The minimum absolute atomic E-state index is 0.153. The normalized spacial score (nSPS) is 16.7. The Bertz CT molecular complexity index is 1410. The van der Waals surface area contributed by atoms with Crippen molar-refractivity contribution in [3.8, 4) is 5.75 Å². The van der Waals surface area contributed by atoms with Crippen LogP contribution >= 0.6 is 11.8 Å². The summed E-state index contributed by atoms with van der Waals surface area (Å²) in [4.78, 5) is 33.4. The zero-order chi connectivity index (χ0) is 27.4. The van der Waals surface area contributed by atoms with Gasteiger partial charge in [-0.25, -0.2) is 4.99 Å². The summed E-state index contributed by atoms with van der Waals surface area (Å²) in [5, 5.41) is 6.97. The third kappa shape index (κ3) is 5.86. The first-order valence-electron chi connectivity index (χ1n) is 13.1. The first kappa shape index (κ1) is 26.6. The van der Waals surface area contributed by atoms with Gasteiger partial charge in [-0.05, 0) is 79.4 Å². The van der Waals surface area contributed by atoms with Crippen LogP contribution in [0.4, 0.5) is 11.4 Å². The third-order valence-electron chi connectivity index (χ3n) is 6.96. The lowest BCUT2D eigenvalue weighted by Crippen LogP contribution is -2.43. The van der Waals surface area contributed by atoms with E-state index in [0.29, 0.717) is 28.2 Å². The van der Waals surface area contributed by atoms with Crippen LogP contribution in [-0.2, 0) is 11.2 Å². The molecule has 0 radical (unpaired) electrons. The molecule has 0 spiro atoms. The molecule has 7 nitrogen and oxygen atoms in total. The van der Waals surface area contributed by atoms with Gasteiger partial charge in [0.05, 0.1) is 24.4 Å². The maximum Gasteiger partial charge on any atom is 0.255 e. The number of nitrogens with one attached hydrogen (secondary N) is 2. The molecule has 0 saturated carbocycles. The van der Waals surface area contributed by atoms with Gasteiger partial charge in [0, 0.05) is 29.2 Å². The Hall–Kier alpha value is -4.04. The predicted molar refractivity (Wildman–Crippen MR) is 158 cm³/mol. The lowest BCUT2D eigenvalue weighted by Gasteiger charge is -2.41. The van der Waals surface area contributed by atoms with E-state index in [2.05, 4.69) is 22.5 Å². The van der Waals surface area contributed by atoms with Gasteiger partial charge in [0.25, 0.3) is 11.8 Å². The summed E-state index contributed by atoms with van der Waals surface area (Å²) in [7, 11) is 1.61. The molecule has 8 heteroatoms. The van der Waals surface area contributed by atoms with Crippen molar-refractivity contribution in [2.75, 3.05) is 30.0 Å². The molecule has 2 N–H and O–H groups in total. The van der Waals surface area contributed by atoms with Gasteiger partial charge in [0.2, 0.25) is 0 Å². The zero-order valence-electron chi connectivity index (χ0n) is 22.4. The number of amides is 2. The molecule has 2 aliphatic rings. The Morgan fingerprint density at radius 3 is 2.23 bits per heavy atom. The van der Waals surface area contributed by atoms with E-state index in [1.54, 1.807) is 18.9 Å². The van der Waals surface area contributed by atoms with Gasteiger partial charge in [-0.1, -0.05) is 43.0 Å². The van der Waals surface area contributed by atoms with E-state index in [1.165, 1.54) is 5.56 Å². The topological polar surface area (TPSA) is 83.0 Å². The van der Waals surface area contributed by atoms with E-state index in [9.17, 15) is 9.59 Å². The Balaban J connectivity index is 1.40. The maximum atomic E-state index is 13.6. The lowest BCUT2D eigenvalue weighted by atomic mass is 9.93. The molecule has 2 amide bonds. The van der Waals surface area contributed by atoms with E-state index < -0.39 is 0 Å². The molecule has 5 rings (SSSR count). The van der Waals surface area contributed by atoms with Gasteiger partial charge in [0.1, 0.15) is 5.75 Å². The summed E-state index contributed by atoms with van der Waals surface area (Å²) in [6.45, 7) is 4.80. The summed E-state index contributed by atoms with van der Waals surface area (Å²) < 4.78 is 5.23. The largest absolute Gasteiger partial charge is 0.497 e. The van der Waals surface area contributed by atoms with Crippen LogP contribution in [0, 0.1) is 0 Å². The van der Waals surface area contributed by atoms with Crippen LogP contribution in [0.3, 0.4) is 0 Å². The second-order valence-corrected chi connectivity index (χ2v) is 10.6. The number of hydrogen-bond donors (Lipinski definition) is 2. The number of ether oxygens (including phenoxy) is 1. The molecule has 2 heterocycles. The first-order valence-corrected chi connectivity index (χ1v) is 14.1. The summed E-state index contributed by atoms with van der Waals surface area (Å²) in [6.07, 6.45) is 1.94. The van der Waals surface area contributed by atoms with Crippen molar-refractivity contribution < 1.29 is 14.3 Å².